The number of ether oxygens (including phenoxy) is 2. The summed E-state index contributed by atoms with van der Waals surface area (Å²) in [4.78, 5) is 6.81. The summed E-state index contributed by atoms with van der Waals surface area (Å²) in [5, 5.41) is 3.66. The Morgan fingerprint density at radius 1 is 1.11 bits per heavy atom. The van der Waals surface area contributed by atoms with Gasteiger partial charge in [-0.05, 0) is 43.6 Å². The van der Waals surface area contributed by atoms with Crippen LogP contribution >= 0.6 is 0 Å². The summed E-state index contributed by atoms with van der Waals surface area (Å²) in [6.07, 6.45) is 5.69. The average molecular weight is 374 g/mol. The molecule has 5 nitrogen and oxygen atoms in total. The van der Waals surface area contributed by atoms with E-state index < -0.39 is 0 Å². The molecule has 0 radical (unpaired) electrons. The Morgan fingerprint density at radius 3 is 2.44 bits per heavy atom. The molecular formula is C22H35N3O2. The van der Waals surface area contributed by atoms with E-state index in [1.54, 1.807) is 0 Å². The second-order valence-electron chi connectivity index (χ2n) is 7.93. The summed E-state index contributed by atoms with van der Waals surface area (Å²) in [6.45, 7) is 5.43. The van der Waals surface area contributed by atoms with Crippen LogP contribution in [0.15, 0.2) is 35.3 Å². The van der Waals surface area contributed by atoms with Crippen LogP contribution in [0.4, 0.5) is 0 Å². The summed E-state index contributed by atoms with van der Waals surface area (Å²) in [5.41, 5.74) is 1.53. The van der Waals surface area contributed by atoms with Gasteiger partial charge in [0.1, 0.15) is 0 Å². The zero-order chi connectivity index (χ0) is 19.0. The minimum Gasteiger partial charge on any atom is -0.381 e. The van der Waals surface area contributed by atoms with E-state index in [4.69, 9.17) is 9.47 Å². The molecule has 1 aromatic carbocycles. The lowest BCUT2D eigenvalue weighted by molar-refractivity contribution is 0.0511. The highest BCUT2D eigenvalue weighted by Crippen LogP contribution is 2.34. The van der Waals surface area contributed by atoms with Gasteiger partial charge in [-0.2, -0.15) is 0 Å². The lowest BCUT2D eigenvalue weighted by atomic mass is 9.74. The van der Waals surface area contributed by atoms with Crippen LogP contribution in [0.25, 0.3) is 0 Å². The Kier molecular flexibility index (Phi) is 7.53. The minimum absolute atomic E-state index is 0.122. The second-order valence-corrected chi connectivity index (χ2v) is 7.93. The van der Waals surface area contributed by atoms with E-state index in [9.17, 15) is 0 Å². The Morgan fingerprint density at radius 2 is 1.78 bits per heavy atom. The van der Waals surface area contributed by atoms with Crippen LogP contribution in [-0.4, -0.2) is 64.5 Å². The van der Waals surface area contributed by atoms with Crippen molar-refractivity contribution < 1.29 is 9.47 Å². The van der Waals surface area contributed by atoms with Crippen molar-refractivity contribution >= 4 is 5.96 Å². The topological polar surface area (TPSA) is 46.1 Å². The zero-order valence-corrected chi connectivity index (χ0v) is 17.0. The van der Waals surface area contributed by atoms with E-state index in [1.807, 2.05) is 7.05 Å². The van der Waals surface area contributed by atoms with E-state index in [-0.39, 0.29) is 5.41 Å². The van der Waals surface area contributed by atoms with Crippen LogP contribution < -0.4 is 5.32 Å². The molecule has 5 heteroatoms. The number of benzene rings is 1. The van der Waals surface area contributed by atoms with Crippen molar-refractivity contribution in [1.29, 1.82) is 0 Å². The molecule has 0 aliphatic carbocycles. The molecule has 2 saturated heterocycles. The first-order chi connectivity index (χ1) is 13.2. The van der Waals surface area contributed by atoms with Gasteiger partial charge >= 0.3 is 0 Å². The van der Waals surface area contributed by atoms with Crippen LogP contribution in [0.2, 0.25) is 0 Å². The first-order valence-electron chi connectivity index (χ1n) is 10.4. The monoisotopic (exact) mass is 373 g/mol. The van der Waals surface area contributed by atoms with Gasteiger partial charge in [-0.15, -0.1) is 0 Å². The Bertz CT molecular complexity index is 578. The summed E-state index contributed by atoms with van der Waals surface area (Å²) >= 11 is 0. The Balaban J connectivity index is 1.57. The molecule has 0 atom stereocenters. The predicted octanol–water partition coefficient (Wildman–Crippen LogP) is 3.06. The van der Waals surface area contributed by atoms with E-state index >= 15 is 0 Å². The SMILES string of the molecule is CN=C(NCC1(c2ccccc2)CCOCC1)N(C)CCC1CCOCC1. The van der Waals surface area contributed by atoms with Crippen molar-refractivity contribution in [2.75, 3.05) is 53.6 Å². The van der Waals surface area contributed by atoms with Gasteiger partial charge in [0.05, 0.1) is 0 Å². The quantitative estimate of drug-likeness (QED) is 0.615. The molecule has 150 valence electrons. The summed E-state index contributed by atoms with van der Waals surface area (Å²) < 4.78 is 11.1. The average Bonchev–Trinajstić information content (AvgIpc) is 2.75. The fourth-order valence-corrected chi connectivity index (χ4v) is 4.27. The minimum atomic E-state index is 0.122. The van der Waals surface area contributed by atoms with Gasteiger partial charge in [-0.3, -0.25) is 4.99 Å². The number of nitrogens with zero attached hydrogens (tertiary/aromatic N) is 2. The maximum Gasteiger partial charge on any atom is 0.193 e. The highest BCUT2D eigenvalue weighted by molar-refractivity contribution is 5.79. The molecule has 0 saturated carbocycles. The normalized spacial score (nSPS) is 21.0. The molecule has 1 N–H and O–H groups in total. The maximum atomic E-state index is 5.65. The van der Waals surface area contributed by atoms with Crippen LogP contribution in [-0.2, 0) is 14.9 Å². The van der Waals surface area contributed by atoms with Gasteiger partial charge in [0, 0.05) is 59.0 Å². The van der Waals surface area contributed by atoms with Crippen LogP contribution in [0.1, 0.15) is 37.7 Å². The molecule has 0 bridgehead atoms. The first kappa shape index (κ1) is 20.2. The standard InChI is InChI=1S/C22H35N3O2/c1-23-21(25(2)13-8-19-9-14-26-15-10-19)24-18-22(11-16-27-17-12-22)20-6-4-3-5-7-20/h3-7,19H,8-18H2,1-2H3,(H,23,24). The van der Waals surface area contributed by atoms with Crippen LogP contribution in [0, 0.1) is 5.92 Å². The molecule has 0 spiro atoms. The molecule has 2 aliphatic heterocycles. The van der Waals surface area contributed by atoms with E-state index in [1.165, 1.54) is 24.8 Å². The number of hydrogen-bond acceptors (Lipinski definition) is 3. The van der Waals surface area contributed by atoms with Gasteiger partial charge in [-0.25, -0.2) is 0 Å². The smallest absolute Gasteiger partial charge is 0.193 e. The van der Waals surface area contributed by atoms with Crippen molar-refractivity contribution in [3.63, 3.8) is 0 Å². The van der Waals surface area contributed by atoms with Crippen LogP contribution in [0.5, 0.6) is 0 Å². The molecule has 0 unspecified atom stereocenters. The highest BCUT2D eigenvalue weighted by Gasteiger charge is 2.34. The first-order valence-corrected chi connectivity index (χ1v) is 10.4. The summed E-state index contributed by atoms with van der Waals surface area (Å²) in [6, 6.07) is 10.9. The lowest BCUT2D eigenvalue weighted by Gasteiger charge is -2.39. The Hall–Kier alpha value is -1.59. The van der Waals surface area contributed by atoms with Gasteiger partial charge in [-0.1, -0.05) is 30.3 Å². The number of guanidine groups is 1. The molecule has 0 amide bonds. The third-order valence-electron chi connectivity index (χ3n) is 6.21. The van der Waals surface area contributed by atoms with E-state index in [2.05, 4.69) is 52.6 Å². The van der Waals surface area contributed by atoms with Crippen molar-refractivity contribution in [3.05, 3.63) is 35.9 Å². The summed E-state index contributed by atoms with van der Waals surface area (Å²) in [5.74, 6) is 1.77. The van der Waals surface area contributed by atoms with Gasteiger partial charge < -0.3 is 19.7 Å². The van der Waals surface area contributed by atoms with Crippen LogP contribution in [0.3, 0.4) is 0 Å². The second kappa shape index (κ2) is 10.1. The molecule has 1 aromatic rings. The number of nitrogens with one attached hydrogen (secondary N) is 1. The summed E-state index contributed by atoms with van der Waals surface area (Å²) in [7, 11) is 4.03. The number of aliphatic imine (C=N–C) groups is 1. The molecule has 0 aromatic heterocycles. The van der Waals surface area contributed by atoms with Crippen molar-refractivity contribution in [3.8, 4) is 0 Å². The molecule has 2 heterocycles. The molecule has 2 aliphatic rings. The highest BCUT2D eigenvalue weighted by atomic mass is 16.5. The van der Waals surface area contributed by atoms with Gasteiger partial charge in [0.2, 0.25) is 0 Å². The molecule has 2 fully saturated rings. The third kappa shape index (κ3) is 5.45. The molecule has 27 heavy (non-hydrogen) atoms. The Labute approximate surface area is 164 Å². The van der Waals surface area contributed by atoms with E-state index in [0.29, 0.717) is 0 Å². The predicted molar refractivity (Wildman–Crippen MR) is 110 cm³/mol. The van der Waals surface area contributed by atoms with Gasteiger partial charge in [0.25, 0.3) is 0 Å². The largest absolute Gasteiger partial charge is 0.381 e. The number of hydrogen-bond donors (Lipinski definition) is 1. The van der Waals surface area contributed by atoms with Crippen molar-refractivity contribution in [1.82, 2.24) is 10.2 Å². The van der Waals surface area contributed by atoms with E-state index in [0.717, 1.165) is 64.2 Å². The third-order valence-corrected chi connectivity index (χ3v) is 6.21. The lowest BCUT2D eigenvalue weighted by Crippen LogP contribution is -2.48. The van der Waals surface area contributed by atoms with Crippen molar-refractivity contribution in [2.45, 2.75) is 37.5 Å². The maximum absolute atomic E-state index is 5.65. The number of rotatable bonds is 6. The molecule has 3 rings (SSSR count). The fraction of sp³-hybridized carbons (Fsp3) is 0.682. The van der Waals surface area contributed by atoms with Gasteiger partial charge in [0.15, 0.2) is 5.96 Å². The molecular weight excluding hydrogens is 338 g/mol. The van der Waals surface area contributed by atoms with Crippen molar-refractivity contribution in [2.24, 2.45) is 10.9 Å². The zero-order valence-electron chi connectivity index (χ0n) is 17.0. The fourth-order valence-electron chi connectivity index (χ4n) is 4.27.